The maximum atomic E-state index is 12.8. The van der Waals surface area contributed by atoms with Crippen LogP contribution in [0.2, 0.25) is 0 Å². The summed E-state index contributed by atoms with van der Waals surface area (Å²) >= 11 is 0. The van der Waals surface area contributed by atoms with Crippen molar-refractivity contribution in [2.75, 3.05) is 26.4 Å². The summed E-state index contributed by atoms with van der Waals surface area (Å²) in [6.45, 7) is 3.93. The Morgan fingerprint density at radius 1 is 0.679 bits per heavy atom. The van der Waals surface area contributed by atoms with Gasteiger partial charge in [-0.15, -0.1) is 0 Å². The number of carbonyl (C=O) groups is 1. The molecule has 6 unspecified atom stereocenters. The summed E-state index contributed by atoms with van der Waals surface area (Å²) in [5.41, 5.74) is 0. The third kappa shape index (κ3) is 28.7. The van der Waals surface area contributed by atoms with Gasteiger partial charge in [0.15, 0.2) is 6.29 Å². The van der Waals surface area contributed by atoms with Gasteiger partial charge in [0.2, 0.25) is 0 Å². The molecule has 1 aliphatic heterocycles. The van der Waals surface area contributed by atoms with Crippen LogP contribution in [0.15, 0.2) is 36.5 Å². The van der Waals surface area contributed by atoms with Crippen molar-refractivity contribution in [2.24, 2.45) is 0 Å². The lowest BCUT2D eigenvalue weighted by Gasteiger charge is -2.41. The quantitative estimate of drug-likeness (QED) is 0.0203. The van der Waals surface area contributed by atoms with Gasteiger partial charge in [0.1, 0.15) is 30.5 Å². The first-order chi connectivity index (χ1) is 27.1. The maximum Gasteiger partial charge on any atom is 0.397 e. The lowest BCUT2D eigenvalue weighted by molar-refractivity contribution is -0.301. The van der Waals surface area contributed by atoms with Crippen LogP contribution in [0.5, 0.6) is 0 Å². The number of allylic oxidation sites excluding steroid dienone is 6. The van der Waals surface area contributed by atoms with Crippen LogP contribution in [-0.2, 0) is 38.3 Å². The Morgan fingerprint density at radius 2 is 1.18 bits per heavy atom. The van der Waals surface area contributed by atoms with Gasteiger partial charge in [0.25, 0.3) is 0 Å². The number of unbranched alkanes of at least 4 members (excludes halogenated alkanes) is 18. The summed E-state index contributed by atoms with van der Waals surface area (Å²) < 4.78 is 58.9. The van der Waals surface area contributed by atoms with E-state index in [0.29, 0.717) is 13.0 Å². The van der Waals surface area contributed by atoms with Gasteiger partial charge in [-0.1, -0.05) is 147 Å². The minimum absolute atomic E-state index is 0.0320. The molecule has 4 N–H and O–H groups in total. The van der Waals surface area contributed by atoms with Crippen molar-refractivity contribution in [1.29, 1.82) is 0 Å². The SMILES string of the molecule is CCCCC/C=C\C/C=C\C/C=C\CCCCCCCCC(=O)OC(COCCCCCCCCCCCC)COC1OC(CO)C(O)C(OS(=O)(=O)O)C1O. The van der Waals surface area contributed by atoms with Crippen LogP contribution in [0.3, 0.4) is 0 Å². The van der Waals surface area contributed by atoms with Gasteiger partial charge in [0, 0.05) is 13.0 Å². The molecule has 1 saturated heterocycles. The van der Waals surface area contributed by atoms with Crippen LogP contribution >= 0.6 is 0 Å². The minimum Gasteiger partial charge on any atom is -0.457 e. The highest BCUT2D eigenvalue weighted by Crippen LogP contribution is 2.26. The fourth-order valence-electron chi connectivity index (χ4n) is 6.44. The van der Waals surface area contributed by atoms with Crippen molar-refractivity contribution in [3.63, 3.8) is 0 Å². The van der Waals surface area contributed by atoms with Gasteiger partial charge >= 0.3 is 16.4 Å². The lowest BCUT2D eigenvalue weighted by atomic mass is 9.99. The zero-order chi connectivity index (χ0) is 41.1. The van der Waals surface area contributed by atoms with E-state index in [1.54, 1.807) is 0 Å². The van der Waals surface area contributed by atoms with Crippen molar-refractivity contribution in [1.82, 2.24) is 0 Å². The van der Waals surface area contributed by atoms with Crippen LogP contribution in [0.4, 0.5) is 0 Å². The Morgan fingerprint density at radius 3 is 1.75 bits per heavy atom. The number of hydrogen-bond donors (Lipinski definition) is 4. The van der Waals surface area contributed by atoms with Crippen LogP contribution < -0.4 is 0 Å². The Kier molecular flexibility index (Phi) is 33.0. The van der Waals surface area contributed by atoms with Gasteiger partial charge in [0.05, 0.1) is 19.8 Å². The Balaban J connectivity index is 2.43. The van der Waals surface area contributed by atoms with E-state index >= 15 is 0 Å². The first kappa shape index (κ1) is 52.3. The lowest BCUT2D eigenvalue weighted by Crippen LogP contribution is -2.60. The molecule has 0 aromatic heterocycles. The topological polar surface area (TPSA) is 178 Å². The molecule has 328 valence electrons. The van der Waals surface area contributed by atoms with E-state index in [-0.39, 0.29) is 19.6 Å². The second kappa shape index (κ2) is 35.3. The Bertz CT molecular complexity index is 1130. The third-order valence-corrected chi connectivity index (χ3v) is 10.2. The molecular weight excluding hydrogens is 741 g/mol. The van der Waals surface area contributed by atoms with Crippen molar-refractivity contribution in [3.8, 4) is 0 Å². The first-order valence-electron chi connectivity index (χ1n) is 21.7. The predicted octanol–water partition coefficient (Wildman–Crippen LogP) is 8.63. The summed E-state index contributed by atoms with van der Waals surface area (Å²) in [4.78, 5) is 12.8. The summed E-state index contributed by atoms with van der Waals surface area (Å²) in [6.07, 6.45) is 30.4. The molecule has 0 radical (unpaired) electrons. The van der Waals surface area contributed by atoms with Crippen LogP contribution in [0.1, 0.15) is 168 Å². The van der Waals surface area contributed by atoms with E-state index in [0.717, 1.165) is 70.6 Å². The number of aliphatic hydroxyl groups excluding tert-OH is 3. The fourth-order valence-corrected chi connectivity index (χ4v) is 6.95. The monoisotopic (exact) mass is 819 g/mol. The maximum absolute atomic E-state index is 12.8. The van der Waals surface area contributed by atoms with Gasteiger partial charge in [-0.25, -0.2) is 4.18 Å². The van der Waals surface area contributed by atoms with Crippen molar-refractivity contribution < 1.29 is 56.2 Å². The summed E-state index contributed by atoms with van der Waals surface area (Å²) in [7, 11) is -5.06. The summed E-state index contributed by atoms with van der Waals surface area (Å²) in [5.74, 6) is -0.412. The molecule has 0 bridgehead atoms. The second-order valence-electron chi connectivity index (χ2n) is 14.9. The average Bonchev–Trinajstić information content (AvgIpc) is 3.17. The molecule has 13 heteroatoms. The van der Waals surface area contributed by atoms with E-state index in [1.165, 1.54) is 70.6 Å². The fraction of sp³-hybridized carbons (Fsp3) is 0.837. The molecule has 1 heterocycles. The molecule has 12 nitrogen and oxygen atoms in total. The number of hydrogen-bond acceptors (Lipinski definition) is 11. The molecule has 0 amide bonds. The largest absolute Gasteiger partial charge is 0.457 e. The van der Waals surface area contributed by atoms with Gasteiger partial charge < -0.3 is 34.3 Å². The molecule has 0 saturated carbocycles. The number of ether oxygens (including phenoxy) is 4. The van der Waals surface area contributed by atoms with Gasteiger partial charge in [-0.05, 0) is 51.4 Å². The van der Waals surface area contributed by atoms with Crippen LogP contribution in [0, 0.1) is 0 Å². The van der Waals surface area contributed by atoms with E-state index in [1.807, 2.05) is 0 Å². The van der Waals surface area contributed by atoms with Crippen LogP contribution in [-0.4, -0.2) is 97.5 Å². The number of rotatable bonds is 37. The van der Waals surface area contributed by atoms with E-state index in [9.17, 15) is 28.5 Å². The molecule has 6 atom stereocenters. The van der Waals surface area contributed by atoms with Gasteiger partial charge in [-0.2, -0.15) is 8.42 Å². The standard InChI is InChI=1S/C43H78O12S/c1-3-5-7-9-11-13-15-16-17-18-19-20-21-22-23-24-26-28-30-32-39(45)53-37(35-51-33-31-29-27-25-14-12-10-8-6-4-2)36-52-43-41(47)42(55-56(48,49)50)40(46)38(34-44)54-43/h11,13,16-17,19-20,37-38,40-44,46-47H,3-10,12,14-15,18,21-36H2,1-2H3,(H,48,49,50)/b13-11-,17-16-,20-19-. The van der Waals surface area contributed by atoms with Crippen LogP contribution in [0.25, 0.3) is 0 Å². The first-order valence-corrected chi connectivity index (χ1v) is 23.1. The molecular formula is C43H78O12S. The predicted molar refractivity (Wildman–Crippen MR) is 220 cm³/mol. The molecule has 56 heavy (non-hydrogen) atoms. The number of carbonyl (C=O) groups excluding carboxylic acids is 1. The zero-order valence-corrected chi connectivity index (χ0v) is 35.5. The normalized spacial score (nSPS) is 21.1. The average molecular weight is 819 g/mol. The molecule has 0 aromatic carbocycles. The second-order valence-corrected chi connectivity index (χ2v) is 16.0. The molecule has 1 rings (SSSR count). The zero-order valence-electron chi connectivity index (χ0n) is 34.7. The Labute approximate surface area is 339 Å². The highest BCUT2D eigenvalue weighted by Gasteiger charge is 2.48. The summed E-state index contributed by atoms with van der Waals surface area (Å²) in [6, 6.07) is 0. The van der Waals surface area contributed by atoms with Crippen molar-refractivity contribution in [2.45, 2.75) is 205 Å². The van der Waals surface area contributed by atoms with E-state index in [2.05, 4.69) is 54.5 Å². The highest BCUT2D eigenvalue weighted by molar-refractivity contribution is 7.80. The molecule has 1 aliphatic rings. The Hall–Kier alpha value is -1.68. The highest BCUT2D eigenvalue weighted by atomic mass is 32.3. The molecule has 1 fully saturated rings. The van der Waals surface area contributed by atoms with Crippen molar-refractivity contribution >= 4 is 16.4 Å². The molecule has 0 spiro atoms. The van der Waals surface area contributed by atoms with E-state index < -0.39 is 59.8 Å². The van der Waals surface area contributed by atoms with E-state index in [4.69, 9.17) is 23.5 Å². The third-order valence-electron chi connectivity index (χ3n) is 9.77. The number of esters is 1. The molecule has 0 aliphatic carbocycles. The number of aliphatic hydroxyl groups is 3. The van der Waals surface area contributed by atoms with Gasteiger partial charge in [-0.3, -0.25) is 9.35 Å². The smallest absolute Gasteiger partial charge is 0.397 e. The minimum atomic E-state index is -5.06. The molecule has 0 aromatic rings. The van der Waals surface area contributed by atoms with Crippen molar-refractivity contribution in [3.05, 3.63) is 36.5 Å². The summed E-state index contributed by atoms with van der Waals surface area (Å²) in [5, 5.41) is 30.6.